The highest BCUT2D eigenvalue weighted by molar-refractivity contribution is 7.93. The molecule has 2 heterocycles. The van der Waals surface area contributed by atoms with Crippen LogP contribution in [0.15, 0.2) is 41.5 Å². The molecule has 0 spiro atoms. The van der Waals surface area contributed by atoms with Crippen LogP contribution in [0.3, 0.4) is 0 Å². The normalized spacial score (nSPS) is 18.4. The summed E-state index contributed by atoms with van der Waals surface area (Å²) in [5.41, 5.74) is 1.47. The van der Waals surface area contributed by atoms with E-state index >= 15 is 0 Å². The molecule has 8 heteroatoms. The van der Waals surface area contributed by atoms with E-state index in [1.165, 1.54) is 0 Å². The lowest BCUT2D eigenvalue weighted by Gasteiger charge is -2.21. The second-order valence-corrected chi connectivity index (χ2v) is 7.43. The number of aromatic nitrogens is 2. The minimum Gasteiger partial charge on any atom is -0.331 e. The number of hydrogen-bond donors (Lipinski definition) is 2. The van der Waals surface area contributed by atoms with E-state index in [9.17, 15) is 8.42 Å². The van der Waals surface area contributed by atoms with E-state index in [1.54, 1.807) is 41.5 Å². The number of anilines is 2. The highest BCUT2D eigenvalue weighted by atomic mass is 32.2. The molecule has 1 aromatic heterocycles. The van der Waals surface area contributed by atoms with Crippen molar-refractivity contribution < 1.29 is 8.42 Å². The number of nitrogens with one attached hydrogen (secondary N) is 2. The fourth-order valence-corrected chi connectivity index (χ4v) is 4.31. The number of rotatable bonds is 4. The van der Waals surface area contributed by atoms with Crippen molar-refractivity contribution >= 4 is 27.9 Å². The van der Waals surface area contributed by atoms with Crippen molar-refractivity contribution in [1.29, 1.82) is 0 Å². The summed E-state index contributed by atoms with van der Waals surface area (Å²) >= 11 is 0. The molecule has 1 aromatic carbocycles. The van der Waals surface area contributed by atoms with Gasteiger partial charge in [0.1, 0.15) is 5.82 Å². The van der Waals surface area contributed by atoms with Gasteiger partial charge >= 0.3 is 0 Å². The summed E-state index contributed by atoms with van der Waals surface area (Å²) in [5, 5.41) is 7.30. The van der Waals surface area contributed by atoms with E-state index in [1.807, 2.05) is 6.07 Å². The minimum atomic E-state index is -3.59. The number of fused-ring (bicyclic) bond motifs is 1. The van der Waals surface area contributed by atoms with Crippen LogP contribution in [-0.2, 0) is 21.4 Å². The summed E-state index contributed by atoms with van der Waals surface area (Å²) in [5.74, 6) is 0.714. The van der Waals surface area contributed by atoms with E-state index in [0.717, 1.165) is 5.56 Å². The molecule has 114 valence electrons. The third kappa shape index (κ3) is 1.91. The summed E-state index contributed by atoms with van der Waals surface area (Å²) in [4.78, 5) is 3.09. The Bertz CT molecular complexity index is 837. The Kier molecular flexibility index (Phi) is 2.77. The van der Waals surface area contributed by atoms with Gasteiger partial charge in [-0.05, 0) is 25.0 Å². The first-order valence-electron chi connectivity index (χ1n) is 7.02. The monoisotopic (exact) mass is 317 g/mol. The van der Waals surface area contributed by atoms with Gasteiger partial charge < -0.3 is 5.32 Å². The Hall–Kier alpha value is -2.35. The van der Waals surface area contributed by atoms with Crippen molar-refractivity contribution in [1.82, 2.24) is 9.78 Å². The number of hydrogen-bond acceptors (Lipinski definition) is 5. The van der Waals surface area contributed by atoms with Crippen LogP contribution in [0, 0.1) is 0 Å². The standard InChI is InChI=1S/C14H15N5O2S/c20-22(21,18-12-4-2-1-3-5-12)14(6-7-14)19-13-11(9-17-19)8-15-10-16-13/h1-5,9-10,18H,6-8H2,(H,15,16). The molecule has 1 aliphatic carbocycles. The van der Waals surface area contributed by atoms with Crippen LogP contribution in [-0.4, -0.2) is 24.5 Å². The predicted octanol–water partition coefficient (Wildman–Crippen LogP) is 1.73. The van der Waals surface area contributed by atoms with Crippen molar-refractivity contribution in [2.75, 3.05) is 10.0 Å². The van der Waals surface area contributed by atoms with E-state index in [2.05, 4.69) is 20.1 Å². The molecule has 4 rings (SSSR count). The number of aliphatic imine (C=N–C) groups is 1. The smallest absolute Gasteiger partial charge is 0.258 e. The molecular weight excluding hydrogens is 302 g/mol. The van der Waals surface area contributed by atoms with E-state index in [4.69, 9.17) is 0 Å². The Labute approximate surface area is 128 Å². The number of benzene rings is 1. The van der Waals surface area contributed by atoms with Gasteiger partial charge in [-0.1, -0.05) is 18.2 Å². The quantitative estimate of drug-likeness (QED) is 0.899. The van der Waals surface area contributed by atoms with Crippen molar-refractivity contribution in [2.24, 2.45) is 4.99 Å². The molecule has 0 bridgehead atoms. The van der Waals surface area contributed by atoms with Gasteiger partial charge in [-0.15, -0.1) is 0 Å². The van der Waals surface area contributed by atoms with Crippen LogP contribution < -0.4 is 10.0 Å². The average Bonchev–Trinajstić information content (AvgIpc) is 3.23. The van der Waals surface area contributed by atoms with Gasteiger partial charge in [-0.2, -0.15) is 5.10 Å². The maximum Gasteiger partial charge on any atom is 0.258 e. The van der Waals surface area contributed by atoms with Crippen molar-refractivity contribution in [2.45, 2.75) is 24.3 Å². The van der Waals surface area contributed by atoms with Crippen molar-refractivity contribution in [3.05, 3.63) is 42.1 Å². The van der Waals surface area contributed by atoms with Gasteiger partial charge in [0.15, 0.2) is 4.87 Å². The topological polar surface area (TPSA) is 88.4 Å². The molecule has 2 N–H and O–H groups in total. The molecule has 2 aliphatic rings. The fourth-order valence-electron chi connectivity index (χ4n) is 2.67. The molecule has 0 saturated heterocycles. The zero-order valence-corrected chi connectivity index (χ0v) is 12.5. The lowest BCUT2D eigenvalue weighted by Crippen LogP contribution is -2.35. The Morgan fingerprint density at radius 3 is 2.73 bits per heavy atom. The molecule has 0 atom stereocenters. The van der Waals surface area contributed by atoms with E-state index < -0.39 is 14.9 Å². The molecule has 1 fully saturated rings. The third-order valence-corrected chi connectivity index (χ3v) is 6.08. The lowest BCUT2D eigenvalue weighted by molar-refractivity contribution is 0.518. The van der Waals surface area contributed by atoms with Crippen LogP contribution in [0.5, 0.6) is 0 Å². The summed E-state index contributed by atoms with van der Waals surface area (Å²) < 4.78 is 29.9. The third-order valence-electron chi connectivity index (χ3n) is 3.99. The number of nitrogens with zero attached hydrogens (tertiary/aromatic N) is 3. The highest BCUT2D eigenvalue weighted by Crippen LogP contribution is 2.50. The second kappa shape index (κ2) is 4.57. The molecule has 0 amide bonds. The van der Waals surface area contributed by atoms with Crippen molar-refractivity contribution in [3.63, 3.8) is 0 Å². The predicted molar refractivity (Wildman–Crippen MR) is 84.2 cm³/mol. The molecule has 0 unspecified atom stereocenters. The highest BCUT2D eigenvalue weighted by Gasteiger charge is 2.58. The largest absolute Gasteiger partial charge is 0.331 e. The van der Waals surface area contributed by atoms with E-state index in [0.29, 0.717) is 30.9 Å². The summed E-state index contributed by atoms with van der Waals surface area (Å²) in [6, 6.07) is 8.91. The van der Waals surface area contributed by atoms with Crippen LogP contribution in [0.4, 0.5) is 11.5 Å². The molecular formula is C14H15N5O2S. The SMILES string of the molecule is O=S(=O)(Nc1ccccc1)C1(n2ncc3c2NC=NC3)CC1. The minimum absolute atomic E-state index is 0.518. The number of sulfonamides is 1. The Morgan fingerprint density at radius 2 is 2.00 bits per heavy atom. The Morgan fingerprint density at radius 1 is 1.23 bits per heavy atom. The number of para-hydroxylation sites is 1. The van der Waals surface area contributed by atoms with Gasteiger partial charge in [-0.25, -0.2) is 13.1 Å². The summed E-state index contributed by atoms with van der Waals surface area (Å²) in [7, 11) is -3.59. The van der Waals surface area contributed by atoms with Crippen molar-refractivity contribution in [3.8, 4) is 0 Å². The average molecular weight is 317 g/mol. The van der Waals surface area contributed by atoms with Crippen LogP contribution in [0.25, 0.3) is 0 Å². The molecule has 0 radical (unpaired) electrons. The first kappa shape index (κ1) is 13.3. The fraction of sp³-hybridized carbons (Fsp3) is 0.286. The maximum atomic E-state index is 12.8. The first-order chi connectivity index (χ1) is 10.6. The molecule has 1 saturated carbocycles. The first-order valence-corrected chi connectivity index (χ1v) is 8.50. The molecule has 2 aromatic rings. The second-order valence-electron chi connectivity index (χ2n) is 5.46. The molecule has 22 heavy (non-hydrogen) atoms. The zero-order valence-electron chi connectivity index (χ0n) is 11.7. The van der Waals surface area contributed by atoms with Gasteiger partial charge in [-0.3, -0.25) is 9.71 Å². The van der Waals surface area contributed by atoms with Gasteiger partial charge in [0.25, 0.3) is 10.0 Å². The van der Waals surface area contributed by atoms with Crippen LogP contribution >= 0.6 is 0 Å². The van der Waals surface area contributed by atoms with Crippen LogP contribution in [0.2, 0.25) is 0 Å². The zero-order chi connectivity index (χ0) is 15.2. The van der Waals surface area contributed by atoms with Gasteiger partial charge in [0, 0.05) is 11.3 Å². The summed E-state index contributed by atoms with van der Waals surface area (Å²) in [6.07, 6.45) is 4.34. The van der Waals surface area contributed by atoms with E-state index in [-0.39, 0.29) is 0 Å². The summed E-state index contributed by atoms with van der Waals surface area (Å²) in [6.45, 7) is 0.518. The lowest BCUT2D eigenvalue weighted by atomic mass is 10.3. The Balaban J connectivity index is 1.71. The van der Waals surface area contributed by atoms with Crippen LogP contribution in [0.1, 0.15) is 18.4 Å². The van der Waals surface area contributed by atoms with Gasteiger partial charge in [0.2, 0.25) is 0 Å². The molecule has 7 nitrogen and oxygen atoms in total. The van der Waals surface area contributed by atoms with Gasteiger partial charge in [0.05, 0.1) is 19.1 Å². The molecule has 1 aliphatic heterocycles. The maximum absolute atomic E-state index is 12.8.